The highest BCUT2D eigenvalue weighted by atomic mass is 16.5. The molecule has 4 nitrogen and oxygen atoms in total. The maximum absolute atomic E-state index is 11.4. The molecule has 1 saturated heterocycles. The number of para-hydroxylation sites is 1. The van der Waals surface area contributed by atoms with Gasteiger partial charge in [-0.25, -0.2) is 4.79 Å². The number of rotatable bonds is 2. The van der Waals surface area contributed by atoms with Crippen LogP contribution in [-0.2, 0) is 16.0 Å². The van der Waals surface area contributed by atoms with Crippen LogP contribution in [0, 0.1) is 0 Å². The SMILES string of the molecule is O=C(O)C1Cc2ccccc2N1C1CCCOC1. The summed E-state index contributed by atoms with van der Waals surface area (Å²) in [6.45, 7) is 1.43. The first-order chi connectivity index (χ1) is 8.77. The molecule has 0 aromatic heterocycles. The van der Waals surface area contributed by atoms with E-state index < -0.39 is 12.0 Å². The summed E-state index contributed by atoms with van der Waals surface area (Å²) in [6.07, 6.45) is 2.62. The summed E-state index contributed by atoms with van der Waals surface area (Å²) < 4.78 is 5.50. The molecule has 0 bridgehead atoms. The fraction of sp³-hybridized carbons (Fsp3) is 0.500. The molecule has 0 radical (unpaired) electrons. The minimum absolute atomic E-state index is 0.198. The second-order valence-corrected chi connectivity index (χ2v) is 4.97. The van der Waals surface area contributed by atoms with Crippen LogP contribution in [0.25, 0.3) is 0 Å². The number of anilines is 1. The first kappa shape index (κ1) is 11.5. The number of benzene rings is 1. The van der Waals surface area contributed by atoms with Crippen molar-refractivity contribution in [2.75, 3.05) is 18.1 Å². The molecule has 1 aromatic carbocycles. The zero-order valence-electron chi connectivity index (χ0n) is 10.2. The number of carboxylic acids is 1. The van der Waals surface area contributed by atoms with E-state index in [1.807, 2.05) is 24.3 Å². The molecule has 1 fully saturated rings. The molecule has 18 heavy (non-hydrogen) atoms. The molecule has 0 aliphatic carbocycles. The average Bonchev–Trinajstić information content (AvgIpc) is 2.79. The third kappa shape index (κ3) is 1.86. The van der Waals surface area contributed by atoms with E-state index >= 15 is 0 Å². The Labute approximate surface area is 106 Å². The topological polar surface area (TPSA) is 49.8 Å². The van der Waals surface area contributed by atoms with Crippen molar-refractivity contribution >= 4 is 11.7 Å². The van der Waals surface area contributed by atoms with Gasteiger partial charge in [-0.05, 0) is 24.5 Å². The Morgan fingerprint density at radius 3 is 2.94 bits per heavy atom. The van der Waals surface area contributed by atoms with E-state index in [1.54, 1.807) is 0 Å². The molecule has 0 amide bonds. The van der Waals surface area contributed by atoms with Gasteiger partial charge in [-0.15, -0.1) is 0 Å². The quantitative estimate of drug-likeness (QED) is 0.864. The average molecular weight is 247 g/mol. The fourth-order valence-electron chi connectivity index (χ4n) is 3.01. The van der Waals surface area contributed by atoms with Gasteiger partial charge in [-0.1, -0.05) is 18.2 Å². The number of aliphatic carboxylic acids is 1. The second kappa shape index (κ2) is 4.61. The summed E-state index contributed by atoms with van der Waals surface area (Å²) in [4.78, 5) is 13.5. The van der Waals surface area contributed by atoms with Crippen LogP contribution < -0.4 is 4.90 Å². The van der Waals surface area contributed by atoms with E-state index in [1.165, 1.54) is 0 Å². The number of carboxylic acid groups (broad SMARTS) is 1. The predicted octanol–water partition coefficient (Wildman–Crippen LogP) is 1.68. The Morgan fingerprint density at radius 1 is 1.39 bits per heavy atom. The van der Waals surface area contributed by atoms with Crippen LogP contribution in [0.4, 0.5) is 5.69 Å². The first-order valence-corrected chi connectivity index (χ1v) is 6.44. The minimum atomic E-state index is -0.739. The largest absolute Gasteiger partial charge is 0.480 e. The minimum Gasteiger partial charge on any atom is -0.480 e. The van der Waals surface area contributed by atoms with Crippen LogP contribution in [0.2, 0.25) is 0 Å². The number of fused-ring (bicyclic) bond motifs is 1. The van der Waals surface area contributed by atoms with Crippen LogP contribution in [0.1, 0.15) is 18.4 Å². The maximum atomic E-state index is 11.4. The lowest BCUT2D eigenvalue weighted by atomic mass is 10.1. The van der Waals surface area contributed by atoms with E-state index in [4.69, 9.17) is 4.74 Å². The van der Waals surface area contributed by atoms with Crippen molar-refractivity contribution < 1.29 is 14.6 Å². The molecule has 0 spiro atoms. The number of hydrogen-bond acceptors (Lipinski definition) is 3. The zero-order valence-corrected chi connectivity index (χ0v) is 10.2. The van der Waals surface area contributed by atoms with Crippen LogP contribution in [0.5, 0.6) is 0 Å². The molecular weight excluding hydrogens is 230 g/mol. The smallest absolute Gasteiger partial charge is 0.326 e. The second-order valence-electron chi connectivity index (χ2n) is 4.97. The van der Waals surface area contributed by atoms with Gasteiger partial charge in [0.05, 0.1) is 12.6 Å². The monoisotopic (exact) mass is 247 g/mol. The Balaban J connectivity index is 1.94. The summed E-state index contributed by atoms with van der Waals surface area (Å²) in [5.74, 6) is -0.739. The summed E-state index contributed by atoms with van der Waals surface area (Å²) in [6, 6.07) is 7.75. The molecular formula is C14H17NO3. The molecule has 1 N–H and O–H groups in total. The third-order valence-corrected chi connectivity index (χ3v) is 3.83. The van der Waals surface area contributed by atoms with Crippen LogP contribution in [-0.4, -0.2) is 36.4 Å². The highest BCUT2D eigenvalue weighted by molar-refractivity contribution is 5.82. The fourth-order valence-corrected chi connectivity index (χ4v) is 3.01. The predicted molar refractivity (Wildman–Crippen MR) is 67.9 cm³/mol. The van der Waals surface area contributed by atoms with Gasteiger partial charge in [0.15, 0.2) is 0 Å². The molecule has 0 saturated carbocycles. The molecule has 2 unspecified atom stereocenters. The lowest BCUT2D eigenvalue weighted by Gasteiger charge is -2.36. The first-order valence-electron chi connectivity index (χ1n) is 6.44. The van der Waals surface area contributed by atoms with Gasteiger partial charge in [0, 0.05) is 18.7 Å². The van der Waals surface area contributed by atoms with Crippen LogP contribution in [0.15, 0.2) is 24.3 Å². The van der Waals surface area contributed by atoms with Gasteiger partial charge in [0.2, 0.25) is 0 Å². The molecule has 96 valence electrons. The zero-order chi connectivity index (χ0) is 12.5. The number of carbonyl (C=O) groups is 1. The Kier molecular flexibility index (Phi) is 2.96. The van der Waals surface area contributed by atoms with E-state index in [0.717, 1.165) is 30.7 Å². The molecule has 3 rings (SSSR count). The Hall–Kier alpha value is -1.55. The molecule has 2 heterocycles. The van der Waals surface area contributed by atoms with Crippen molar-refractivity contribution in [3.05, 3.63) is 29.8 Å². The van der Waals surface area contributed by atoms with Gasteiger partial charge in [0.1, 0.15) is 6.04 Å². The van der Waals surface area contributed by atoms with Gasteiger partial charge in [0.25, 0.3) is 0 Å². The van der Waals surface area contributed by atoms with Crippen molar-refractivity contribution in [1.29, 1.82) is 0 Å². The van der Waals surface area contributed by atoms with E-state index in [-0.39, 0.29) is 6.04 Å². The Bertz CT molecular complexity index is 454. The molecule has 2 aliphatic rings. The number of hydrogen-bond donors (Lipinski definition) is 1. The maximum Gasteiger partial charge on any atom is 0.326 e. The summed E-state index contributed by atoms with van der Waals surface area (Å²) >= 11 is 0. The Morgan fingerprint density at radius 2 is 2.22 bits per heavy atom. The third-order valence-electron chi connectivity index (χ3n) is 3.83. The van der Waals surface area contributed by atoms with Crippen molar-refractivity contribution in [3.63, 3.8) is 0 Å². The van der Waals surface area contributed by atoms with E-state index in [0.29, 0.717) is 13.0 Å². The van der Waals surface area contributed by atoms with Crippen LogP contribution in [0.3, 0.4) is 0 Å². The van der Waals surface area contributed by atoms with Crippen molar-refractivity contribution in [2.24, 2.45) is 0 Å². The van der Waals surface area contributed by atoms with E-state index in [9.17, 15) is 9.90 Å². The molecule has 2 aliphatic heterocycles. The standard InChI is InChI=1S/C14H17NO3/c16-14(17)13-8-10-4-1-2-6-12(10)15(13)11-5-3-7-18-9-11/h1-2,4,6,11,13H,3,5,7-9H2,(H,16,17). The number of nitrogens with zero attached hydrogens (tertiary/aromatic N) is 1. The summed E-state index contributed by atoms with van der Waals surface area (Å²) in [5.41, 5.74) is 2.20. The van der Waals surface area contributed by atoms with Gasteiger partial charge in [-0.2, -0.15) is 0 Å². The highest BCUT2D eigenvalue weighted by Crippen LogP contribution is 2.35. The molecule has 1 aromatic rings. The van der Waals surface area contributed by atoms with E-state index in [2.05, 4.69) is 4.90 Å². The van der Waals surface area contributed by atoms with Gasteiger partial charge >= 0.3 is 5.97 Å². The van der Waals surface area contributed by atoms with Gasteiger partial charge < -0.3 is 14.7 Å². The summed E-state index contributed by atoms with van der Waals surface area (Å²) in [5, 5.41) is 9.40. The van der Waals surface area contributed by atoms with Crippen molar-refractivity contribution in [3.8, 4) is 0 Å². The van der Waals surface area contributed by atoms with Gasteiger partial charge in [-0.3, -0.25) is 0 Å². The van der Waals surface area contributed by atoms with Crippen molar-refractivity contribution in [2.45, 2.75) is 31.3 Å². The molecule has 2 atom stereocenters. The highest BCUT2D eigenvalue weighted by Gasteiger charge is 2.38. The van der Waals surface area contributed by atoms with Crippen LogP contribution >= 0.6 is 0 Å². The number of ether oxygens (including phenoxy) is 1. The van der Waals surface area contributed by atoms with Crippen molar-refractivity contribution in [1.82, 2.24) is 0 Å². The summed E-state index contributed by atoms with van der Waals surface area (Å²) in [7, 11) is 0. The normalized spacial score (nSPS) is 27.0. The lowest BCUT2D eigenvalue weighted by molar-refractivity contribution is -0.138. The lowest BCUT2D eigenvalue weighted by Crippen LogP contribution is -2.48. The molecule has 4 heteroatoms.